The van der Waals surface area contributed by atoms with Crippen LogP contribution in [0.5, 0.6) is 5.75 Å². The second-order valence-electron chi connectivity index (χ2n) is 7.38. The van der Waals surface area contributed by atoms with Gasteiger partial charge in [0.1, 0.15) is 17.2 Å². The van der Waals surface area contributed by atoms with Crippen LogP contribution in [0.2, 0.25) is 5.02 Å². The number of carbonyl (C=O) groups is 1. The number of aromatic nitrogens is 2. The van der Waals surface area contributed by atoms with Crippen molar-refractivity contribution in [2.75, 3.05) is 20.2 Å². The zero-order valence-electron chi connectivity index (χ0n) is 17.1. The van der Waals surface area contributed by atoms with Gasteiger partial charge in [0.2, 0.25) is 0 Å². The van der Waals surface area contributed by atoms with Crippen molar-refractivity contribution in [1.82, 2.24) is 20.2 Å². The van der Waals surface area contributed by atoms with Crippen LogP contribution in [0.4, 0.5) is 13.2 Å². The average molecular weight is 465 g/mol. The van der Waals surface area contributed by atoms with Crippen molar-refractivity contribution in [2.45, 2.75) is 18.8 Å². The van der Waals surface area contributed by atoms with Crippen molar-refractivity contribution in [3.8, 4) is 22.7 Å². The smallest absolute Gasteiger partial charge is 0.289 e. The van der Waals surface area contributed by atoms with E-state index in [1.54, 1.807) is 36.4 Å². The van der Waals surface area contributed by atoms with Crippen LogP contribution in [0.25, 0.3) is 16.9 Å². The Balaban J connectivity index is 1.76. The van der Waals surface area contributed by atoms with Crippen molar-refractivity contribution in [3.63, 3.8) is 0 Å². The normalized spacial score (nSPS) is 16.0. The van der Waals surface area contributed by atoms with E-state index in [0.717, 1.165) is 0 Å². The molecular formula is C22H20ClF3N4O2. The predicted octanol–water partition coefficient (Wildman–Crippen LogP) is 4.72. The maximum atomic E-state index is 14.6. The highest BCUT2D eigenvalue weighted by Crippen LogP contribution is 2.36. The Morgan fingerprint density at radius 2 is 1.78 bits per heavy atom. The zero-order valence-corrected chi connectivity index (χ0v) is 17.9. The Morgan fingerprint density at radius 3 is 2.41 bits per heavy atom. The molecular weight excluding hydrogens is 445 g/mol. The molecule has 1 fully saturated rings. The SMILES string of the molecule is COc1c(C(=O)NN2CCC(F)(F)CC2)nn(-c2ccccc2F)c1-c1ccc(Cl)cc1. The Hall–Kier alpha value is -3.04. The lowest BCUT2D eigenvalue weighted by atomic mass is 10.1. The number of carbonyl (C=O) groups excluding carboxylic acids is 1. The van der Waals surface area contributed by atoms with Gasteiger partial charge in [0.05, 0.1) is 7.11 Å². The summed E-state index contributed by atoms with van der Waals surface area (Å²) in [6.45, 7) is -0.00175. The van der Waals surface area contributed by atoms with Crippen LogP contribution in [0.15, 0.2) is 48.5 Å². The highest BCUT2D eigenvalue weighted by Gasteiger charge is 2.35. The minimum absolute atomic E-state index is 0.000874. The molecule has 0 atom stereocenters. The molecule has 4 rings (SSSR count). The Labute approximate surface area is 187 Å². The summed E-state index contributed by atoms with van der Waals surface area (Å²) >= 11 is 6.00. The van der Waals surface area contributed by atoms with Crippen molar-refractivity contribution in [1.29, 1.82) is 0 Å². The number of benzene rings is 2. The number of rotatable bonds is 5. The third kappa shape index (κ3) is 4.44. The summed E-state index contributed by atoms with van der Waals surface area (Å²) in [5.41, 5.74) is 3.57. The molecule has 0 unspecified atom stereocenters. The molecule has 168 valence electrons. The maximum Gasteiger partial charge on any atom is 0.289 e. The van der Waals surface area contributed by atoms with Crippen molar-refractivity contribution < 1.29 is 22.7 Å². The van der Waals surface area contributed by atoms with Crippen LogP contribution in [0, 0.1) is 5.82 Å². The monoisotopic (exact) mass is 464 g/mol. The number of hydrazine groups is 1. The molecule has 0 saturated carbocycles. The van der Waals surface area contributed by atoms with Crippen LogP contribution in [0.1, 0.15) is 23.3 Å². The first-order valence-corrected chi connectivity index (χ1v) is 10.3. The molecule has 1 saturated heterocycles. The summed E-state index contributed by atoms with van der Waals surface area (Å²) in [6, 6.07) is 12.7. The molecule has 0 bridgehead atoms. The number of hydrogen-bond acceptors (Lipinski definition) is 4. The van der Waals surface area contributed by atoms with Gasteiger partial charge in [0.25, 0.3) is 11.8 Å². The average Bonchev–Trinajstić information content (AvgIpc) is 3.15. The molecule has 0 spiro atoms. The van der Waals surface area contributed by atoms with Gasteiger partial charge < -0.3 is 4.74 Å². The Morgan fingerprint density at radius 1 is 1.12 bits per heavy atom. The molecule has 2 heterocycles. The van der Waals surface area contributed by atoms with E-state index in [9.17, 15) is 18.0 Å². The van der Waals surface area contributed by atoms with Crippen LogP contribution in [-0.2, 0) is 0 Å². The summed E-state index contributed by atoms with van der Waals surface area (Å²) in [4.78, 5) is 13.0. The summed E-state index contributed by atoms with van der Waals surface area (Å²) in [7, 11) is 1.38. The second kappa shape index (κ2) is 8.84. The zero-order chi connectivity index (χ0) is 22.9. The number of halogens is 4. The molecule has 6 nitrogen and oxygen atoms in total. The molecule has 3 aromatic rings. The number of nitrogens with one attached hydrogen (secondary N) is 1. The molecule has 0 radical (unpaired) electrons. The molecule has 1 aliphatic rings. The molecule has 2 aromatic carbocycles. The van der Waals surface area contributed by atoms with E-state index in [1.807, 2.05) is 0 Å². The molecule has 1 aliphatic heterocycles. The van der Waals surface area contributed by atoms with E-state index in [2.05, 4.69) is 10.5 Å². The van der Waals surface area contributed by atoms with E-state index in [-0.39, 0.29) is 43.1 Å². The van der Waals surface area contributed by atoms with Gasteiger partial charge in [-0.2, -0.15) is 5.10 Å². The lowest BCUT2D eigenvalue weighted by Gasteiger charge is -2.31. The highest BCUT2D eigenvalue weighted by molar-refractivity contribution is 6.30. The maximum absolute atomic E-state index is 14.6. The molecule has 0 aliphatic carbocycles. The number of nitrogens with zero attached hydrogens (tertiary/aromatic N) is 3. The number of para-hydroxylation sites is 1. The lowest BCUT2D eigenvalue weighted by Crippen LogP contribution is -2.49. The van der Waals surface area contributed by atoms with Gasteiger partial charge in [-0.15, -0.1) is 0 Å². The molecule has 10 heteroatoms. The molecule has 32 heavy (non-hydrogen) atoms. The third-order valence-electron chi connectivity index (χ3n) is 5.21. The van der Waals surface area contributed by atoms with Crippen LogP contribution in [-0.4, -0.2) is 46.8 Å². The van der Waals surface area contributed by atoms with E-state index in [4.69, 9.17) is 16.3 Å². The lowest BCUT2D eigenvalue weighted by molar-refractivity contribution is -0.0631. The minimum Gasteiger partial charge on any atom is -0.492 e. The van der Waals surface area contributed by atoms with Gasteiger partial charge in [0, 0.05) is 36.5 Å². The quantitative estimate of drug-likeness (QED) is 0.594. The van der Waals surface area contributed by atoms with Gasteiger partial charge in [-0.3, -0.25) is 10.2 Å². The summed E-state index contributed by atoms with van der Waals surface area (Å²) in [5.74, 6) is -3.81. The number of ether oxygens (including phenoxy) is 1. The largest absolute Gasteiger partial charge is 0.492 e. The van der Waals surface area contributed by atoms with E-state index in [0.29, 0.717) is 16.3 Å². The van der Waals surface area contributed by atoms with Gasteiger partial charge in [0.15, 0.2) is 11.4 Å². The first kappa shape index (κ1) is 22.2. The second-order valence-corrected chi connectivity index (χ2v) is 7.82. The number of methoxy groups -OCH3 is 1. The number of amides is 1. The van der Waals surface area contributed by atoms with Crippen molar-refractivity contribution in [3.05, 3.63) is 65.1 Å². The number of piperidine rings is 1. The van der Waals surface area contributed by atoms with Crippen molar-refractivity contribution >= 4 is 17.5 Å². The van der Waals surface area contributed by atoms with E-state index in [1.165, 1.54) is 28.9 Å². The Kier molecular flexibility index (Phi) is 6.12. The third-order valence-corrected chi connectivity index (χ3v) is 5.47. The van der Waals surface area contributed by atoms with E-state index >= 15 is 0 Å². The first-order valence-electron chi connectivity index (χ1n) is 9.91. The first-order chi connectivity index (χ1) is 15.3. The fourth-order valence-electron chi connectivity index (χ4n) is 3.55. The standard InChI is InChI=1S/C22H20ClF3N4O2/c1-32-20-18(21(31)28-29-12-10-22(25,26)11-13-29)27-30(17-5-3-2-4-16(17)24)19(20)14-6-8-15(23)9-7-14/h2-9H,10-13H2,1H3,(H,28,31). The Bertz CT molecular complexity index is 1120. The van der Waals surface area contributed by atoms with Gasteiger partial charge in [-0.05, 0) is 24.3 Å². The van der Waals surface area contributed by atoms with Gasteiger partial charge in [-0.1, -0.05) is 35.9 Å². The fraction of sp³-hybridized carbons (Fsp3) is 0.273. The summed E-state index contributed by atoms with van der Waals surface area (Å²) in [5, 5.41) is 6.26. The van der Waals surface area contributed by atoms with Crippen LogP contribution in [0.3, 0.4) is 0 Å². The van der Waals surface area contributed by atoms with Gasteiger partial charge in [-0.25, -0.2) is 22.9 Å². The van der Waals surface area contributed by atoms with E-state index < -0.39 is 17.6 Å². The highest BCUT2D eigenvalue weighted by atomic mass is 35.5. The number of alkyl halides is 2. The minimum atomic E-state index is -2.74. The van der Waals surface area contributed by atoms with Crippen LogP contribution < -0.4 is 10.2 Å². The van der Waals surface area contributed by atoms with Gasteiger partial charge >= 0.3 is 0 Å². The van der Waals surface area contributed by atoms with Crippen LogP contribution >= 0.6 is 11.6 Å². The molecule has 1 amide bonds. The molecule has 1 N–H and O–H groups in total. The molecule has 1 aromatic heterocycles. The fourth-order valence-corrected chi connectivity index (χ4v) is 3.67. The summed E-state index contributed by atoms with van der Waals surface area (Å²) in [6.07, 6.45) is -0.714. The topological polar surface area (TPSA) is 59.4 Å². The summed E-state index contributed by atoms with van der Waals surface area (Å²) < 4.78 is 48.3. The predicted molar refractivity (Wildman–Crippen MR) is 114 cm³/mol. The van der Waals surface area contributed by atoms with Crippen molar-refractivity contribution in [2.24, 2.45) is 0 Å². The number of hydrogen-bond donors (Lipinski definition) is 1.